The zero-order valence-corrected chi connectivity index (χ0v) is 12.0. The summed E-state index contributed by atoms with van der Waals surface area (Å²) in [7, 11) is -3.93. The van der Waals surface area contributed by atoms with Crippen molar-refractivity contribution in [3.05, 3.63) is 35.1 Å². The maximum Gasteiger partial charge on any atom is 0.265 e. The lowest BCUT2D eigenvalue weighted by Gasteiger charge is -2.08. The summed E-state index contributed by atoms with van der Waals surface area (Å²) in [5.74, 6) is -0.311. The van der Waals surface area contributed by atoms with Gasteiger partial charge < -0.3 is 5.73 Å². The summed E-state index contributed by atoms with van der Waals surface area (Å²) in [6.07, 6.45) is 2.18. The van der Waals surface area contributed by atoms with E-state index in [2.05, 4.69) is 9.71 Å². The second-order valence-electron chi connectivity index (χ2n) is 4.61. The first-order chi connectivity index (χ1) is 9.47. The number of halogens is 1. The van der Waals surface area contributed by atoms with Crippen molar-refractivity contribution in [3.8, 4) is 0 Å². The summed E-state index contributed by atoms with van der Waals surface area (Å²) in [4.78, 5) is 3.95. The molecule has 0 atom stereocenters. The van der Waals surface area contributed by atoms with Crippen LogP contribution in [-0.2, 0) is 10.0 Å². The fourth-order valence-electron chi connectivity index (χ4n) is 1.82. The first-order valence-corrected chi connectivity index (χ1v) is 8.36. The average molecular weight is 313 g/mol. The van der Waals surface area contributed by atoms with Gasteiger partial charge in [-0.25, -0.2) is 17.8 Å². The van der Waals surface area contributed by atoms with Crippen LogP contribution in [0.2, 0.25) is 0 Å². The zero-order valence-electron chi connectivity index (χ0n) is 10.3. The summed E-state index contributed by atoms with van der Waals surface area (Å²) in [6, 6.07) is 3.68. The molecule has 1 saturated carbocycles. The molecule has 0 spiro atoms. The van der Waals surface area contributed by atoms with E-state index in [1.54, 1.807) is 0 Å². The van der Waals surface area contributed by atoms with Crippen molar-refractivity contribution in [2.45, 2.75) is 23.7 Å². The van der Waals surface area contributed by atoms with E-state index in [9.17, 15) is 12.8 Å². The summed E-state index contributed by atoms with van der Waals surface area (Å²) < 4.78 is 40.0. The van der Waals surface area contributed by atoms with Gasteiger partial charge in [0.05, 0.1) is 11.4 Å². The number of anilines is 2. The Labute approximate surface area is 119 Å². The topological polar surface area (TPSA) is 85.1 Å². The Morgan fingerprint density at radius 1 is 1.40 bits per heavy atom. The third-order valence-corrected chi connectivity index (χ3v) is 5.34. The molecule has 1 aromatic heterocycles. The highest BCUT2D eigenvalue weighted by Crippen LogP contribution is 2.41. The van der Waals surface area contributed by atoms with Crippen LogP contribution in [0.3, 0.4) is 0 Å². The van der Waals surface area contributed by atoms with Crippen LogP contribution in [0, 0.1) is 5.82 Å². The number of nitrogens with two attached hydrogens (primary N) is 1. The molecule has 3 rings (SSSR count). The fourth-order valence-corrected chi connectivity index (χ4v) is 4.01. The second-order valence-corrected chi connectivity index (χ2v) is 7.12. The molecule has 1 aliphatic rings. The van der Waals surface area contributed by atoms with Gasteiger partial charge in [-0.05, 0) is 25.0 Å². The Morgan fingerprint density at radius 2 is 2.15 bits per heavy atom. The van der Waals surface area contributed by atoms with Crippen molar-refractivity contribution in [3.63, 3.8) is 0 Å². The minimum Gasteiger partial charge on any atom is -0.395 e. The monoisotopic (exact) mass is 313 g/mol. The normalized spacial score (nSPS) is 15.2. The number of sulfonamides is 1. The maximum atomic E-state index is 13.3. The van der Waals surface area contributed by atoms with E-state index in [4.69, 9.17) is 5.73 Å². The molecule has 0 unspecified atom stereocenters. The van der Waals surface area contributed by atoms with Crippen molar-refractivity contribution in [2.75, 3.05) is 10.5 Å². The number of nitrogens with one attached hydrogen (secondary N) is 1. The minimum absolute atomic E-state index is 0.274. The van der Waals surface area contributed by atoms with Crippen LogP contribution in [0.5, 0.6) is 0 Å². The Bertz CT molecular complexity index is 754. The van der Waals surface area contributed by atoms with Crippen molar-refractivity contribution in [2.24, 2.45) is 0 Å². The molecule has 0 radical (unpaired) electrons. The van der Waals surface area contributed by atoms with Crippen LogP contribution in [0.15, 0.2) is 28.5 Å². The number of aromatic nitrogens is 1. The van der Waals surface area contributed by atoms with Gasteiger partial charge >= 0.3 is 0 Å². The van der Waals surface area contributed by atoms with Gasteiger partial charge in [-0.15, -0.1) is 11.3 Å². The third-order valence-electron chi connectivity index (χ3n) is 3.04. The first-order valence-electron chi connectivity index (χ1n) is 5.99. The van der Waals surface area contributed by atoms with Gasteiger partial charge in [-0.2, -0.15) is 0 Å². The standard InChI is InChI=1S/C12H12FN3O2S2/c13-8-2-1-3-10(11(8)14)20(17,18)16-12-15-9(6-19-12)7-4-5-7/h1-3,6-7H,4-5,14H2,(H,15,16). The Kier molecular flexibility index (Phi) is 3.14. The minimum atomic E-state index is -3.93. The van der Waals surface area contributed by atoms with E-state index in [0.29, 0.717) is 5.92 Å². The van der Waals surface area contributed by atoms with E-state index in [0.717, 1.165) is 24.6 Å². The van der Waals surface area contributed by atoms with Gasteiger partial charge in [0.2, 0.25) is 0 Å². The number of nitrogens with zero attached hydrogens (tertiary/aromatic N) is 1. The highest BCUT2D eigenvalue weighted by atomic mass is 32.2. The van der Waals surface area contributed by atoms with Gasteiger partial charge in [0.15, 0.2) is 5.13 Å². The molecule has 3 N–H and O–H groups in total. The summed E-state index contributed by atoms with van der Waals surface area (Å²) in [6.45, 7) is 0. The summed E-state index contributed by atoms with van der Waals surface area (Å²) >= 11 is 1.21. The van der Waals surface area contributed by atoms with E-state index in [1.807, 2.05) is 5.38 Å². The number of thiazole rings is 1. The molecule has 5 nitrogen and oxygen atoms in total. The smallest absolute Gasteiger partial charge is 0.265 e. The molecule has 1 aliphatic carbocycles. The molecule has 1 heterocycles. The molecule has 8 heteroatoms. The van der Waals surface area contributed by atoms with E-state index in [-0.39, 0.29) is 15.7 Å². The lowest BCUT2D eigenvalue weighted by molar-refractivity contribution is 0.597. The summed E-state index contributed by atoms with van der Waals surface area (Å²) in [5, 5.41) is 2.11. The van der Waals surface area contributed by atoms with Crippen molar-refractivity contribution >= 4 is 32.2 Å². The summed E-state index contributed by atoms with van der Waals surface area (Å²) in [5.41, 5.74) is 5.99. The van der Waals surface area contributed by atoms with E-state index in [1.165, 1.54) is 23.5 Å². The Balaban J connectivity index is 1.89. The predicted octanol–water partition coefficient (Wildman–Crippen LogP) is 2.54. The van der Waals surface area contributed by atoms with Gasteiger partial charge in [-0.1, -0.05) is 6.07 Å². The van der Waals surface area contributed by atoms with Crippen LogP contribution in [0.4, 0.5) is 15.2 Å². The third kappa shape index (κ3) is 2.48. The number of rotatable bonds is 4. The molecule has 0 saturated heterocycles. The molecule has 2 aromatic rings. The number of nitrogen functional groups attached to an aromatic ring is 1. The lowest BCUT2D eigenvalue weighted by atomic mass is 10.3. The molecule has 0 bridgehead atoms. The van der Waals surface area contributed by atoms with E-state index >= 15 is 0 Å². The number of benzene rings is 1. The van der Waals surface area contributed by atoms with Crippen LogP contribution in [0.25, 0.3) is 0 Å². The number of hydrogen-bond acceptors (Lipinski definition) is 5. The molecule has 1 aromatic carbocycles. The highest BCUT2D eigenvalue weighted by molar-refractivity contribution is 7.93. The van der Waals surface area contributed by atoms with Gasteiger partial charge in [0.25, 0.3) is 10.0 Å². The van der Waals surface area contributed by atoms with Gasteiger partial charge in [0, 0.05) is 11.3 Å². The first kappa shape index (κ1) is 13.3. The van der Waals surface area contributed by atoms with Gasteiger partial charge in [-0.3, -0.25) is 4.72 Å². The Hall–Kier alpha value is -1.67. The number of hydrogen-bond donors (Lipinski definition) is 2. The highest BCUT2D eigenvalue weighted by Gasteiger charge is 2.27. The molecule has 106 valence electrons. The zero-order chi connectivity index (χ0) is 14.3. The van der Waals surface area contributed by atoms with Gasteiger partial charge in [0.1, 0.15) is 10.7 Å². The van der Waals surface area contributed by atoms with Crippen molar-refractivity contribution in [1.29, 1.82) is 0 Å². The van der Waals surface area contributed by atoms with Crippen LogP contribution >= 0.6 is 11.3 Å². The molecule has 20 heavy (non-hydrogen) atoms. The molecule has 0 aliphatic heterocycles. The maximum absolute atomic E-state index is 13.3. The molecule has 0 amide bonds. The molecular weight excluding hydrogens is 301 g/mol. The molecular formula is C12H12FN3O2S2. The fraction of sp³-hybridized carbons (Fsp3) is 0.250. The van der Waals surface area contributed by atoms with E-state index < -0.39 is 15.8 Å². The quantitative estimate of drug-likeness (QED) is 0.849. The SMILES string of the molecule is Nc1c(F)cccc1S(=O)(=O)Nc1nc(C2CC2)cs1. The Morgan fingerprint density at radius 3 is 2.85 bits per heavy atom. The van der Waals surface area contributed by atoms with Crippen LogP contribution in [-0.4, -0.2) is 13.4 Å². The van der Waals surface area contributed by atoms with Crippen LogP contribution < -0.4 is 10.5 Å². The average Bonchev–Trinajstić information content (AvgIpc) is 3.14. The molecule has 1 fully saturated rings. The van der Waals surface area contributed by atoms with Crippen molar-refractivity contribution in [1.82, 2.24) is 4.98 Å². The van der Waals surface area contributed by atoms with Crippen molar-refractivity contribution < 1.29 is 12.8 Å². The second kappa shape index (κ2) is 4.71. The lowest BCUT2D eigenvalue weighted by Crippen LogP contribution is -2.15. The largest absolute Gasteiger partial charge is 0.395 e. The number of para-hydroxylation sites is 1. The van der Waals surface area contributed by atoms with Crippen LogP contribution in [0.1, 0.15) is 24.5 Å². The predicted molar refractivity (Wildman–Crippen MR) is 75.7 cm³/mol.